The summed E-state index contributed by atoms with van der Waals surface area (Å²) in [6.07, 6.45) is 5.45. The molecule has 162 valence electrons. The van der Waals surface area contributed by atoms with Gasteiger partial charge in [0, 0.05) is 25.3 Å². The average molecular weight is 413 g/mol. The molecule has 0 N–H and O–H groups in total. The molecular formula is C24H32N2O4. The zero-order chi connectivity index (χ0) is 21.1. The first-order valence-corrected chi connectivity index (χ1v) is 10.9. The van der Waals surface area contributed by atoms with Gasteiger partial charge in [0.1, 0.15) is 11.5 Å². The number of rotatable bonds is 5. The van der Waals surface area contributed by atoms with Crippen molar-refractivity contribution >= 4 is 5.91 Å². The minimum atomic E-state index is -0.0742. The molecule has 1 aromatic heterocycles. The van der Waals surface area contributed by atoms with Crippen LogP contribution in [0.25, 0.3) is 0 Å². The van der Waals surface area contributed by atoms with Crippen molar-refractivity contribution in [3.05, 3.63) is 46.8 Å². The Kier molecular flexibility index (Phi) is 6.14. The van der Waals surface area contributed by atoms with Gasteiger partial charge in [-0.1, -0.05) is 17.3 Å². The molecule has 0 aliphatic carbocycles. The van der Waals surface area contributed by atoms with E-state index in [0.29, 0.717) is 12.3 Å². The van der Waals surface area contributed by atoms with Crippen molar-refractivity contribution in [2.24, 2.45) is 5.92 Å². The molecule has 1 spiro atoms. The number of nitrogens with zero attached hydrogens (tertiary/aromatic N) is 2. The number of amides is 1. The molecule has 2 fully saturated rings. The third-order valence-electron chi connectivity index (χ3n) is 6.82. The van der Waals surface area contributed by atoms with Gasteiger partial charge in [0.25, 0.3) is 0 Å². The number of piperidine rings is 1. The van der Waals surface area contributed by atoms with Crippen molar-refractivity contribution < 1.29 is 18.8 Å². The van der Waals surface area contributed by atoms with Gasteiger partial charge in [-0.25, -0.2) is 0 Å². The fraction of sp³-hybridized carbons (Fsp3) is 0.583. The molecule has 3 heterocycles. The average Bonchev–Trinajstić information content (AvgIpc) is 3.07. The molecule has 0 saturated carbocycles. The molecule has 2 saturated heterocycles. The molecule has 1 aromatic carbocycles. The van der Waals surface area contributed by atoms with Gasteiger partial charge in [-0.2, -0.15) is 0 Å². The molecule has 1 atom stereocenters. The number of aryl methyl sites for hydroxylation is 2. The van der Waals surface area contributed by atoms with Crippen LogP contribution >= 0.6 is 0 Å². The lowest BCUT2D eigenvalue weighted by molar-refractivity contribution is -0.146. The molecule has 4 rings (SSSR count). The first-order chi connectivity index (χ1) is 14.5. The Labute approximate surface area is 178 Å². The SMILES string of the molecule is COc1ccc(CC2CCOC3(CCN(C(=O)Cc4c(C)noc4C)CC3)C2)cc1. The Morgan fingerprint density at radius 2 is 1.97 bits per heavy atom. The van der Waals surface area contributed by atoms with Crippen LogP contribution in [0, 0.1) is 19.8 Å². The Morgan fingerprint density at radius 3 is 2.60 bits per heavy atom. The van der Waals surface area contributed by atoms with Crippen LogP contribution in [-0.4, -0.2) is 48.4 Å². The summed E-state index contributed by atoms with van der Waals surface area (Å²) in [4.78, 5) is 14.8. The van der Waals surface area contributed by atoms with Crippen molar-refractivity contribution in [2.45, 2.75) is 58.0 Å². The lowest BCUT2D eigenvalue weighted by atomic mass is 9.77. The quantitative estimate of drug-likeness (QED) is 0.746. The number of hydrogen-bond donors (Lipinski definition) is 0. The molecule has 30 heavy (non-hydrogen) atoms. The van der Waals surface area contributed by atoms with Crippen LogP contribution in [0.2, 0.25) is 0 Å². The zero-order valence-corrected chi connectivity index (χ0v) is 18.3. The van der Waals surface area contributed by atoms with Crippen molar-refractivity contribution in [1.29, 1.82) is 0 Å². The maximum absolute atomic E-state index is 12.8. The lowest BCUT2D eigenvalue weighted by Gasteiger charge is -2.46. The molecule has 2 aliphatic rings. The van der Waals surface area contributed by atoms with Crippen LogP contribution in [0.15, 0.2) is 28.8 Å². The number of hydrogen-bond acceptors (Lipinski definition) is 5. The van der Waals surface area contributed by atoms with E-state index in [1.165, 1.54) is 5.56 Å². The maximum Gasteiger partial charge on any atom is 0.227 e. The molecule has 1 amide bonds. The van der Waals surface area contributed by atoms with Gasteiger partial charge < -0.3 is 18.9 Å². The fourth-order valence-corrected chi connectivity index (χ4v) is 4.93. The monoisotopic (exact) mass is 412 g/mol. The van der Waals surface area contributed by atoms with Gasteiger partial charge in [0.15, 0.2) is 0 Å². The van der Waals surface area contributed by atoms with Crippen molar-refractivity contribution in [2.75, 3.05) is 26.8 Å². The summed E-state index contributed by atoms with van der Waals surface area (Å²) < 4.78 is 16.8. The highest BCUT2D eigenvalue weighted by Gasteiger charge is 2.41. The number of ether oxygens (including phenoxy) is 2. The highest BCUT2D eigenvalue weighted by atomic mass is 16.5. The summed E-state index contributed by atoms with van der Waals surface area (Å²) in [5.41, 5.74) is 3.01. The van der Waals surface area contributed by atoms with Gasteiger partial charge in [0.2, 0.25) is 5.91 Å². The smallest absolute Gasteiger partial charge is 0.227 e. The predicted octanol–water partition coefficient (Wildman–Crippen LogP) is 3.87. The highest BCUT2D eigenvalue weighted by molar-refractivity contribution is 5.79. The summed E-state index contributed by atoms with van der Waals surface area (Å²) in [6.45, 7) is 6.10. The van der Waals surface area contributed by atoms with E-state index in [2.05, 4.69) is 17.3 Å². The number of benzene rings is 1. The van der Waals surface area contributed by atoms with Crippen LogP contribution in [-0.2, 0) is 22.4 Å². The predicted molar refractivity (Wildman–Crippen MR) is 114 cm³/mol. The molecule has 0 bridgehead atoms. The number of likely N-dealkylation sites (tertiary alicyclic amines) is 1. The second-order valence-corrected chi connectivity index (χ2v) is 8.80. The van der Waals surface area contributed by atoms with E-state index in [9.17, 15) is 4.79 Å². The highest BCUT2D eigenvalue weighted by Crippen LogP contribution is 2.39. The number of carbonyl (C=O) groups excluding carboxylic acids is 1. The Hall–Kier alpha value is -2.34. The fourth-order valence-electron chi connectivity index (χ4n) is 4.93. The largest absolute Gasteiger partial charge is 0.497 e. The molecule has 1 unspecified atom stereocenters. The third-order valence-corrected chi connectivity index (χ3v) is 6.82. The lowest BCUT2D eigenvalue weighted by Crippen LogP contribution is -2.51. The van der Waals surface area contributed by atoms with E-state index < -0.39 is 0 Å². The van der Waals surface area contributed by atoms with Gasteiger partial charge in [-0.3, -0.25) is 4.79 Å². The molecule has 0 radical (unpaired) electrons. The summed E-state index contributed by atoms with van der Waals surface area (Å²) >= 11 is 0. The summed E-state index contributed by atoms with van der Waals surface area (Å²) in [5.74, 6) is 2.42. The molecular weight excluding hydrogens is 380 g/mol. The van der Waals surface area contributed by atoms with E-state index in [1.54, 1.807) is 7.11 Å². The first-order valence-electron chi connectivity index (χ1n) is 10.9. The van der Waals surface area contributed by atoms with Gasteiger partial charge >= 0.3 is 0 Å². The van der Waals surface area contributed by atoms with Crippen molar-refractivity contribution in [3.63, 3.8) is 0 Å². The minimum Gasteiger partial charge on any atom is -0.497 e. The number of methoxy groups -OCH3 is 1. The van der Waals surface area contributed by atoms with Crippen LogP contribution in [0.3, 0.4) is 0 Å². The van der Waals surface area contributed by atoms with Gasteiger partial charge in [0.05, 0.1) is 24.8 Å². The van der Waals surface area contributed by atoms with Gasteiger partial charge in [-0.15, -0.1) is 0 Å². The zero-order valence-electron chi connectivity index (χ0n) is 18.3. The van der Waals surface area contributed by atoms with E-state index in [1.807, 2.05) is 30.9 Å². The number of aromatic nitrogens is 1. The van der Waals surface area contributed by atoms with Crippen LogP contribution in [0.4, 0.5) is 0 Å². The Balaban J connectivity index is 1.32. The second-order valence-electron chi connectivity index (χ2n) is 8.80. The summed E-state index contributed by atoms with van der Waals surface area (Å²) in [7, 11) is 1.70. The van der Waals surface area contributed by atoms with E-state index >= 15 is 0 Å². The Bertz CT molecular complexity index is 846. The molecule has 2 aromatic rings. The summed E-state index contributed by atoms with van der Waals surface area (Å²) in [5, 5.41) is 3.96. The first kappa shape index (κ1) is 20.9. The van der Waals surface area contributed by atoms with E-state index in [-0.39, 0.29) is 11.5 Å². The molecule has 2 aliphatic heterocycles. The summed E-state index contributed by atoms with van der Waals surface area (Å²) in [6, 6.07) is 8.40. The normalized spacial score (nSPS) is 21.0. The van der Waals surface area contributed by atoms with Crippen LogP contribution in [0.1, 0.15) is 48.3 Å². The third kappa shape index (κ3) is 4.53. The Morgan fingerprint density at radius 1 is 1.23 bits per heavy atom. The number of carbonyl (C=O) groups is 1. The van der Waals surface area contributed by atoms with Crippen LogP contribution in [0.5, 0.6) is 5.75 Å². The second kappa shape index (κ2) is 8.80. The minimum absolute atomic E-state index is 0.0742. The van der Waals surface area contributed by atoms with Crippen molar-refractivity contribution in [1.82, 2.24) is 10.1 Å². The molecule has 6 heteroatoms. The van der Waals surface area contributed by atoms with E-state index in [0.717, 1.165) is 74.6 Å². The topological polar surface area (TPSA) is 64.8 Å². The van der Waals surface area contributed by atoms with Crippen molar-refractivity contribution in [3.8, 4) is 5.75 Å². The standard InChI is InChI=1S/C24H32N2O4/c1-17-22(18(2)30-25-17)15-23(27)26-11-9-24(10-12-26)16-20(8-13-29-24)14-19-4-6-21(28-3)7-5-19/h4-7,20H,8-16H2,1-3H3. The van der Waals surface area contributed by atoms with Gasteiger partial charge in [-0.05, 0) is 69.6 Å². The molecule has 6 nitrogen and oxygen atoms in total. The van der Waals surface area contributed by atoms with Crippen LogP contribution < -0.4 is 4.74 Å². The van der Waals surface area contributed by atoms with E-state index in [4.69, 9.17) is 14.0 Å². The maximum atomic E-state index is 12.8.